The maximum atomic E-state index is 11.8. The SMILES string of the molecule is CC(=O)N(CCNC(=O)c1cccs1)c1ccccc1Br. The summed E-state index contributed by atoms with van der Waals surface area (Å²) in [6.07, 6.45) is 0. The zero-order valence-corrected chi connectivity index (χ0v) is 13.9. The molecule has 0 saturated carbocycles. The third kappa shape index (κ3) is 4.15. The zero-order valence-electron chi connectivity index (χ0n) is 11.5. The van der Waals surface area contributed by atoms with E-state index in [0.717, 1.165) is 10.2 Å². The van der Waals surface area contributed by atoms with Crippen LogP contribution in [0.3, 0.4) is 0 Å². The summed E-state index contributed by atoms with van der Waals surface area (Å²) >= 11 is 4.83. The Morgan fingerprint density at radius 3 is 2.62 bits per heavy atom. The van der Waals surface area contributed by atoms with Gasteiger partial charge in [-0.05, 0) is 39.5 Å². The van der Waals surface area contributed by atoms with Gasteiger partial charge in [0.05, 0.1) is 10.6 Å². The molecular weight excluding hydrogens is 352 g/mol. The van der Waals surface area contributed by atoms with Crippen LogP contribution in [0.5, 0.6) is 0 Å². The van der Waals surface area contributed by atoms with Gasteiger partial charge in [0.15, 0.2) is 0 Å². The third-order valence-electron chi connectivity index (χ3n) is 2.89. The standard InChI is InChI=1S/C15H15BrN2O2S/c1-11(19)18(13-6-3-2-5-12(13)16)9-8-17-15(20)14-7-4-10-21-14/h2-7,10H,8-9H2,1H3,(H,17,20). The fourth-order valence-electron chi connectivity index (χ4n) is 1.89. The zero-order chi connectivity index (χ0) is 15.2. The van der Waals surface area contributed by atoms with Crippen molar-refractivity contribution in [3.05, 3.63) is 51.1 Å². The van der Waals surface area contributed by atoms with Crippen molar-refractivity contribution in [2.45, 2.75) is 6.92 Å². The van der Waals surface area contributed by atoms with Crippen molar-refractivity contribution >= 4 is 44.8 Å². The van der Waals surface area contributed by atoms with Crippen molar-refractivity contribution in [3.63, 3.8) is 0 Å². The van der Waals surface area contributed by atoms with Crippen molar-refractivity contribution in [3.8, 4) is 0 Å². The predicted octanol–water partition coefficient (Wildman–Crippen LogP) is 3.29. The van der Waals surface area contributed by atoms with E-state index in [-0.39, 0.29) is 11.8 Å². The van der Waals surface area contributed by atoms with Crippen LogP contribution in [0.4, 0.5) is 5.69 Å². The minimum absolute atomic E-state index is 0.0627. The molecule has 1 N–H and O–H groups in total. The van der Waals surface area contributed by atoms with Crippen molar-refractivity contribution in [2.75, 3.05) is 18.0 Å². The number of carbonyl (C=O) groups excluding carboxylic acids is 2. The van der Waals surface area contributed by atoms with Gasteiger partial charge in [-0.2, -0.15) is 0 Å². The molecule has 0 radical (unpaired) electrons. The molecule has 0 aliphatic carbocycles. The van der Waals surface area contributed by atoms with Crippen LogP contribution in [0.15, 0.2) is 46.3 Å². The number of halogens is 1. The van der Waals surface area contributed by atoms with Gasteiger partial charge >= 0.3 is 0 Å². The Morgan fingerprint density at radius 2 is 2.00 bits per heavy atom. The fourth-order valence-corrected chi connectivity index (χ4v) is 3.03. The van der Waals surface area contributed by atoms with E-state index in [1.54, 1.807) is 11.0 Å². The highest BCUT2D eigenvalue weighted by molar-refractivity contribution is 9.10. The Kier molecular flexibility index (Phi) is 5.52. The average Bonchev–Trinajstić information content (AvgIpc) is 2.98. The first kappa shape index (κ1) is 15.7. The van der Waals surface area contributed by atoms with E-state index in [0.29, 0.717) is 18.0 Å². The van der Waals surface area contributed by atoms with Gasteiger partial charge in [-0.25, -0.2) is 0 Å². The second-order valence-corrected chi connectivity index (χ2v) is 6.16. The molecule has 0 bridgehead atoms. The van der Waals surface area contributed by atoms with Crippen LogP contribution in [-0.2, 0) is 4.79 Å². The molecule has 0 fully saturated rings. The molecule has 2 amide bonds. The van der Waals surface area contributed by atoms with Crippen LogP contribution in [0.25, 0.3) is 0 Å². The van der Waals surface area contributed by atoms with Crippen LogP contribution in [0.2, 0.25) is 0 Å². The maximum Gasteiger partial charge on any atom is 0.261 e. The second-order valence-electron chi connectivity index (χ2n) is 4.36. The van der Waals surface area contributed by atoms with Crippen LogP contribution in [0.1, 0.15) is 16.6 Å². The van der Waals surface area contributed by atoms with E-state index in [9.17, 15) is 9.59 Å². The number of carbonyl (C=O) groups is 2. The summed E-state index contributed by atoms with van der Waals surface area (Å²) in [5.74, 6) is -0.173. The van der Waals surface area contributed by atoms with E-state index < -0.39 is 0 Å². The van der Waals surface area contributed by atoms with Gasteiger partial charge in [-0.3, -0.25) is 9.59 Å². The molecule has 2 rings (SSSR count). The van der Waals surface area contributed by atoms with Gasteiger partial charge < -0.3 is 10.2 Å². The van der Waals surface area contributed by atoms with Crippen molar-refractivity contribution < 1.29 is 9.59 Å². The van der Waals surface area contributed by atoms with Crippen LogP contribution in [-0.4, -0.2) is 24.9 Å². The van der Waals surface area contributed by atoms with E-state index in [4.69, 9.17) is 0 Å². The summed E-state index contributed by atoms with van der Waals surface area (Å²) in [6, 6.07) is 11.1. The highest BCUT2D eigenvalue weighted by Gasteiger charge is 2.14. The average molecular weight is 367 g/mol. The lowest BCUT2D eigenvalue weighted by Crippen LogP contribution is -2.37. The van der Waals surface area contributed by atoms with Gasteiger partial charge in [-0.1, -0.05) is 18.2 Å². The molecule has 6 heteroatoms. The molecule has 1 aromatic carbocycles. The quantitative estimate of drug-likeness (QED) is 0.882. The highest BCUT2D eigenvalue weighted by Crippen LogP contribution is 2.25. The molecule has 0 aliphatic heterocycles. The monoisotopic (exact) mass is 366 g/mol. The largest absolute Gasteiger partial charge is 0.350 e. The Labute approximate surface area is 135 Å². The summed E-state index contributed by atoms with van der Waals surface area (Å²) in [5.41, 5.74) is 0.801. The lowest BCUT2D eigenvalue weighted by atomic mass is 10.3. The summed E-state index contributed by atoms with van der Waals surface area (Å²) in [6.45, 7) is 2.34. The van der Waals surface area contributed by atoms with E-state index >= 15 is 0 Å². The van der Waals surface area contributed by atoms with Gasteiger partial charge in [0, 0.05) is 24.5 Å². The lowest BCUT2D eigenvalue weighted by Gasteiger charge is -2.22. The van der Waals surface area contributed by atoms with Gasteiger partial charge in [-0.15, -0.1) is 11.3 Å². The Bertz CT molecular complexity index is 628. The Morgan fingerprint density at radius 1 is 1.24 bits per heavy atom. The number of amides is 2. The van der Waals surface area contributed by atoms with E-state index in [1.807, 2.05) is 35.7 Å². The number of benzene rings is 1. The molecule has 4 nitrogen and oxygen atoms in total. The third-order valence-corrected chi connectivity index (χ3v) is 4.43. The molecule has 1 aromatic heterocycles. The Balaban J connectivity index is 1.97. The van der Waals surface area contributed by atoms with E-state index in [2.05, 4.69) is 21.2 Å². The van der Waals surface area contributed by atoms with Crippen LogP contribution >= 0.6 is 27.3 Å². The minimum Gasteiger partial charge on any atom is -0.350 e. The number of hydrogen-bond donors (Lipinski definition) is 1. The summed E-state index contributed by atoms with van der Waals surface area (Å²) < 4.78 is 0.852. The van der Waals surface area contributed by atoms with E-state index in [1.165, 1.54) is 18.3 Å². The summed E-state index contributed by atoms with van der Waals surface area (Å²) in [7, 11) is 0. The molecule has 21 heavy (non-hydrogen) atoms. The molecule has 0 spiro atoms. The topological polar surface area (TPSA) is 49.4 Å². The second kappa shape index (κ2) is 7.38. The first-order valence-corrected chi connectivity index (χ1v) is 8.11. The minimum atomic E-state index is -0.111. The number of rotatable bonds is 5. The molecule has 0 saturated heterocycles. The first-order chi connectivity index (χ1) is 10.1. The molecule has 1 heterocycles. The normalized spacial score (nSPS) is 10.2. The molecule has 0 aliphatic rings. The Hall–Kier alpha value is -1.66. The number of anilines is 1. The molecular formula is C15H15BrN2O2S. The summed E-state index contributed by atoms with van der Waals surface area (Å²) in [5, 5.41) is 4.68. The number of nitrogens with zero attached hydrogens (tertiary/aromatic N) is 1. The fraction of sp³-hybridized carbons (Fsp3) is 0.200. The van der Waals surface area contributed by atoms with Crippen molar-refractivity contribution in [2.24, 2.45) is 0 Å². The number of thiophene rings is 1. The predicted molar refractivity (Wildman–Crippen MR) is 88.8 cm³/mol. The highest BCUT2D eigenvalue weighted by atomic mass is 79.9. The molecule has 110 valence electrons. The van der Waals surface area contributed by atoms with Crippen molar-refractivity contribution in [1.82, 2.24) is 5.32 Å². The maximum absolute atomic E-state index is 11.8. The number of hydrogen-bond acceptors (Lipinski definition) is 3. The first-order valence-electron chi connectivity index (χ1n) is 6.44. The van der Waals surface area contributed by atoms with Gasteiger partial charge in [0.25, 0.3) is 5.91 Å². The smallest absolute Gasteiger partial charge is 0.261 e. The number of para-hydroxylation sites is 1. The molecule has 2 aromatic rings. The summed E-state index contributed by atoms with van der Waals surface area (Å²) in [4.78, 5) is 26.0. The van der Waals surface area contributed by atoms with Gasteiger partial charge in [0.2, 0.25) is 5.91 Å². The van der Waals surface area contributed by atoms with Crippen LogP contribution in [0, 0.1) is 0 Å². The molecule has 0 atom stereocenters. The molecule has 0 unspecified atom stereocenters. The van der Waals surface area contributed by atoms with Crippen molar-refractivity contribution in [1.29, 1.82) is 0 Å². The number of nitrogens with one attached hydrogen (secondary N) is 1. The lowest BCUT2D eigenvalue weighted by molar-refractivity contribution is -0.116. The van der Waals surface area contributed by atoms with Crippen LogP contribution < -0.4 is 10.2 Å². The van der Waals surface area contributed by atoms with Gasteiger partial charge in [0.1, 0.15) is 0 Å².